The van der Waals surface area contributed by atoms with E-state index in [0.29, 0.717) is 37.5 Å². The number of fused-ring (bicyclic) bond motifs is 2. The molecule has 8 heteroatoms. The minimum atomic E-state index is -3.54. The monoisotopic (exact) mass is 408 g/mol. The van der Waals surface area contributed by atoms with Gasteiger partial charge in [-0.2, -0.15) is 9.40 Å². The van der Waals surface area contributed by atoms with Crippen LogP contribution in [0.15, 0.2) is 11.1 Å². The van der Waals surface area contributed by atoms with Crippen LogP contribution in [0, 0.1) is 30.6 Å². The molecule has 1 aromatic rings. The van der Waals surface area contributed by atoms with Gasteiger partial charge in [-0.15, -0.1) is 0 Å². The van der Waals surface area contributed by atoms with Crippen molar-refractivity contribution in [2.45, 2.75) is 63.3 Å². The van der Waals surface area contributed by atoms with Crippen molar-refractivity contribution in [2.24, 2.45) is 30.7 Å². The van der Waals surface area contributed by atoms with E-state index in [0.717, 1.165) is 11.8 Å². The number of rotatable bonds is 5. The van der Waals surface area contributed by atoms with Crippen LogP contribution in [-0.4, -0.2) is 47.5 Å². The minimum Gasteiger partial charge on any atom is -0.353 e. The fraction of sp³-hybridized carbons (Fsp3) is 0.800. The van der Waals surface area contributed by atoms with Crippen LogP contribution in [0.1, 0.15) is 51.1 Å². The molecule has 4 atom stereocenters. The molecule has 28 heavy (non-hydrogen) atoms. The summed E-state index contributed by atoms with van der Waals surface area (Å²) in [5.74, 6) is 2.29. The number of carbonyl (C=O) groups is 1. The van der Waals surface area contributed by atoms with E-state index in [-0.39, 0.29) is 22.8 Å². The number of aromatic nitrogens is 2. The van der Waals surface area contributed by atoms with Crippen molar-refractivity contribution in [3.63, 3.8) is 0 Å². The van der Waals surface area contributed by atoms with Gasteiger partial charge in [-0.05, 0) is 63.7 Å². The Morgan fingerprint density at radius 2 is 1.93 bits per heavy atom. The zero-order valence-corrected chi connectivity index (χ0v) is 17.9. The fourth-order valence-corrected chi connectivity index (χ4v) is 7.35. The molecular weight excluding hydrogens is 376 g/mol. The molecule has 0 aromatic carbocycles. The fourth-order valence-electron chi connectivity index (χ4n) is 5.68. The van der Waals surface area contributed by atoms with Gasteiger partial charge in [0.15, 0.2) is 0 Å². The molecule has 0 spiro atoms. The van der Waals surface area contributed by atoms with E-state index in [9.17, 15) is 13.2 Å². The largest absolute Gasteiger partial charge is 0.353 e. The van der Waals surface area contributed by atoms with Gasteiger partial charge in [0.05, 0.1) is 5.69 Å². The van der Waals surface area contributed by atoms with E-state index in [4.69, 9.17) is 0 Å². The Balaban J connectivity index is 1.32. The van der Waals surface area contributed by atoms with E-state index in [1.807, 2.05) is 0 Å². The van der Waals surface area contributed by atoms with Crippen LogP contribution in [0.25, 0.3) is 0 Å². The highest BCUT2D eigenvalue weighted by atomic mass is 32.2. The van der Waals surface area contributed by atoms with Crippen LogP contribution in [-0.2, 0) is 21.9 Å². The van der Waals surface area contributed by atoms with Crippen molar-refractivity contribution < 1.29 is 13.2 Å². The van der Waals surface area contributed by atoms with E-state index >= 15 is 0 Å². The normalized spacial score (nSPS) is 29.9. The Morgan fingerprint density at radius 3 is 2.46 bits per heavy atom. The number of aryl methyl sites for hydroxylation is 2. The molecule has 2 bridgehead atoms. The number of carbonyl (C=O) groups excluding carboxylic acids is 1. The lowest BCUT2D eigenvalue weighted by Crippen LogP contribution is -2.47. The first kappa shape index (κ1) is 19.9. The second-order valence-corrected chi connectivity index (χ2v) is 11.0. The summed E-state index contributed by atoms with van der Waals surface area (Å²) in [6, 6.07) is 0.225. The molecule has 1 N–H and O–H groups in total. The molecule has 0 unspecified atom stereocenters. The van der Waals surface area contributed by atoms with Crippen molar-refractivity contribution in [1.82, 2.24) is 19.4 Å². The second kappa shape index (κ2) is 7.44. The van der Waals surface area contributed by atoms with E-state index in [1.54, 1.807) is 20.2 Å². The van der Waals surface area contributed by atoms with E-state index in [2.05, 4.69) is 17.3 Å². The standard InChI is InChI=1S/C20H32N4O3S/c1-13(18-11-15-4-5-17(18)10-15)21-20(25)16-6-8-24(9-7-16)28(26,27)19-12-23(3)22-14(19)2/h12-13,15-18H,4-11H2,1-3H3,(H,21,25)/t13-,15+,17+,18-/m1/s1. The summed E-state index contributed by atoms with van der Waals surface area (Å²) >= 11 is 0. The number of piperidine rings is 1. The third-order valence-electron chi connectivity index (χ3n) is 7.22. The number of sulfonamides is 1. The average Bonchev–Trinajstić information content (AvgIpc) is 3.37. The van der Waals surface area contributed by atoms with Crippen molar-refractivity contribution in [1.29, 1.82) is 0 Å². The summed E-state index contributed by atoms with van der Waals surface area (Å²) in [5, 5.41) is 7.40. The maximum Gasteiger partial charge on any atom is 0.246 e. The molecule has 3 aliphatic rings. The van der Waals surface area contributed by atoms with Crippen molar-refractivity contribution in [2.75, 3.05) is 13.1 Å². The van der Waals surface area contributed by atoms with Gasteiger partial charge in [-0.25, -0.2) is 8.42 Å². The maximum atomic E-state index is 12.9. The number of nitrogens with zero attached hydrogens (tertiary/aromatic N) is 3. The number of amides is 1. The first-order valence-corrected chi connectivity index (χ1v) is 12.0. The zero-order valence-electron chi connectivity index (χ0n) is 17.1. The van der Waals surface area contributed by atoms with Gasteiger partial charge < -0.3 is 5.32 Å². The van der Waals surface area contributed by atoms with Crippen molar-refractivity contribution in [3.8, 4) is 0 Å². The van der Waals surface area contributed by atoms with Crippen LogP contribution in [0.2, 0.25) is 0 Å². The number of hydrogen-bond donors (Lipinski definition) is 1. The number of nitrogens with one attached hydrogen (secondary N) is 1. The van der Waals surface area contributed by atoms with Crippen molar-refractivity contribution >= 4 is 15.9 Å². The smallest absolute Gasteiger partial charge is 0.246 e. The van der Waals surface area contributed by atoms with Gasteiger partial charge in [-0.3, -0.25) is 9.48 Å². The molecule has 1 aliphatic heterocycles. The predicted molar refractivity (Wildman–Crippen MR) is 106 cm³/mol. The topological polar surface area (TPSA) is 84.3 Å². The molecule has 1 amide bonds. The summed E-state index contributed by atoms with van der Waals surface area (Å²) in [4.78, 5) is 13.0. The highest BCUT2D eigenvalue weighted by Crippen LogP contribution is 2.49. The van der Waals surface area contributed by atoms with E-state index < -0.39 is 10.0 Å². The third-order valence-corrected chi connectivity index (χ3v) is 9.22. The molecule has 3 fully saturated rings. The molecule has 2 aliphatic carbocycles. The molecule has 156 valence electrons. The highest BCUT2D eigenvalue weighted by Gasteiger charge is 2.42. The van der Waals surface area contributed by atoms with Crippen LogP contribution >= 0.6 is 0 Å². The van der Waals surface area contributed by atoms with Gasteiger partial charge >= 0.3 is 0 Å². The SMILES string of the molecule is Cc1nn(C)cc1S(=O)(=O)N1CCC(C(=O)N[C@H](C)[C@H]2C[C@H]3CC[C@H]2C3)CC1. The Kier molecular flexibility index (Phi) is 5.29. The van der Waals surface area contributed by atoms with Gasteiger partial charge in [0.25, 0.3) is 0 Å². The Bertz CT molecular complexity index is 842. The molecule has 1 aromatic heterocycles. The lowest BCUT2D eigenvalue weighted by molar-refractivity contribution is -0.127. The highest BCUT2D eigenvalue weighted by molar-refractivity contribution is 7.89. The lowest BCUT2D eigenvalue weighted by atomic mass is 9.83. The molecule has 1 saturated heterocycles. The van der Waals surface area contributed by atoms with E-state index in [1.165, 1.54) is 34.7 Å². The summed E-state index contributed by atoms with van der Waals surface area (Å²) in [5.41, 5.74) is 0.516. The maximum absolute atomic E-state index is 12.9. The Labute approximate surface area is 167 Å². The first-order valence-electron chi connectivity index (χ1n) is 10.6. The average molecular weight is 409 g/mol. The van der Waals surface area contributed by atoms with Crippen LogP contribution < -0.4 is 5.32 Å². The Morgan fingerprint density at radius 1 is 1.21 bits per heavy atom. The van der Waals surface area contributed by atoms with Gasteiger partial charge in [0.2, 0.25) is 15.9 Å². The van der Waals surface area contributed by atoms with Crippen molar-refractivity contribution in [3.05, 3.63) is 11.9 Å². The second-order valence-electron chi connectivity index (χ2n) is 9.07. The van der Waals surface area contributed by atoms with Crippen LogP contribution in [0.5, 0.6) is 0 Å². The first-order chi connectivity index (χ1) is 13.3. The molecule has 2 saturated carbocycles. The predicted octanol–water partition coefficient (Wildman–Crippen LogP) is 2.07. The molecular formula is C20H32N4O3S. The minimum absolute atomic E-state index is 0.0949. The number of hydrogen-bond acceptors (Lipinski definition) is 4. The van der Waals surface area contributed by atoms with Gasteiger partial charge in [-0.1, -0.05) is 6.42 Å². The Hall–Kier alpha value is -1.41. The summed E-state index contributed by atoms with van der Waals surface area (Å²) in [7, 11) is -1.82. The quantitative estimate of drug-likeness (QED) is 0.808. The molecule has 4 rings (SSSR count). The zero-order chi connectivity index (χ0) is 20.1. The molecule has 2 heterocycles. The summed E-state index contributed by atoms with van der Waals surface area (Å²) in [6.07, 6.45) is 8.00. The molecule has 7 nitrogen and oxygen atoms in total. The summed E-state index contributed by atoms with van der Waals surface area (Å²) < 4.78 is 28.8. The van der Waals surface area contributed by atoms with Gasteiger partial charge in [0, 0.05) is 38.3 Å². The molecule has 0 radical (unpaired) electrons. The lowest BCUT2D eigenvalue weighted by Gasteiger charge is -2.33. The van der Waals surface area contributed by atoms with Crippen LogP contribution in [0.3, 0.4) is 0 Å². The summed E-state index contributed by atoms with van der Waals surface area (Å²) in [6.45, 7) is 4.63. The third kappa shape index (κ3) is 3.61. The van der Waals surface area contributed by atoms with Crippen LogP contribution in [0.4, 0.5) is 0 Å². The van der Waals surface area contributed by atoms with Gasteiger partial charge in [0.1, 0.15) is 4.90 Å².